The van der Waals surface area contributed by atoms with E-state index in [4.69, 9.17) is 4.74 Å². The Morgan fingerprint density at radius 1 is 1.55 bits per heavy atom. The van der Waals surface area contributed by atoms with Crippen LogP contribution in [0.3, 0.4) is 0 Å². The molecule has 1 aromatic rings. The van der Waals surface area contributed by atoms with E-state index in [-0.39, 0.29) is 0 Å². The minimum Gasteiger partial charge on any atom is -0.493 e. The molecule has 0 spiro atoms. The Labute approximate surface area is 88.4 Å². The lowest BCUT2D eigenvalue weighted by molar-refractivity contribution is 0.337. The van der Waals surface area contributed by atoms with Crippen molar-refractivity contribution in [3.63, 3.8) is 0 Å². The molecule has 0 N–H and O–H groups in total. The fourth-order valence-corrected chi connectivity index (χ4v) is 1.61. The molecule has 0 aliphatic heterocycles. The van der Waals surface area contributed by atoms with Gasteiger partial charge < -0.3 is 4.74 Å². The molecule has 3 heteroatoms. The van der Waals surface area contributed by atoms with Crippen LogP contribution in [0.2, 0.25) is 0 Å². The topological polar surface area (TPSA) is 9.23 Å². The summed E-state index contributed by atoms with van der Waals surface area (Å²) in [5.74, 6) is 0.947. The van der Waals surface area contributed by atoms with Gasteiger partial charge in [-0.1, -0.05) is 6.07 Å². The number of hydrogen-bond donors (Lipinski definition) is 0. The largest absolute Gasteiger partial charge is 0.493 e. The molecule has 0 aliphatic rings. The van der Waals surface area contributed by atoms with Crippen LogP contribution in [0.4, 0.5) is 0 Å². The first-order valence-electron chi connectivity index (χ1n) is 3.32. The minimum absolute atomic E-state index is 0.715. The number of halogens is 2. The van der Waals surface area contributed by atoms with E-state index in [1.165, 1.54) is 0 Å². The van der Waals surface area contributed by atoms with Gasteiger partial charge in [-0.3, -0.25) is 0 Å². The molecule has 0 bridgehead atoms. The summed E-state index contributed by atoms with van der Waals surface area (Å²) in [6, 6.07) is 5.94. The molecular formula is C8H8BrIO. The normalized spacial score (nSPS) is 9.73. The van der Waals surface area contributed by atoms with Crippen molar-refractivity contribution in [3.8, 4) is 5.75 Å². The van der Waals surface area contributed by atoms with Crippen LogP contribution in [0.25, 0.3) is 0 Å². The first kappa shape index (κ1) is 9.32. The summed E-state index contributed by atoms with van der Waals surface area (Å²) < 4.78 is 7.60. The quantitative estimate of drug-likeness (QED) is 0.756. The summed E-state index contributed by atoms with van der Waals surface area (Å²) in [7, 11) is 0. The van der Waals surface area contributed by atoms with Crippen molar-refractivity contribution < 1.29 is 4.74 Å². The first-order chi connectivity index (χ1) is 5.25. The second kappa shape index (κ2) is 4.30. The Bertz CT molecular complexity index is 250. The van der Waals surface area contributed by atoms with Crippen LogP contribution in [-0.2, 0) is 0 Å². The Kier molecular flexibility index (Phi) is 3.65. The van der Waals surface area contributed by atoms with Gasteiger partial charge in [0.25, 0.3) is 0 Å². The van der Waals surface area contributed by atoms with E-state index in [0.29, 0.717) is 6.61 Å². The lowest BCUT2D eigenvalue weighted by Gasteiger charge is -2.05. The number of rotatable bonds is 2. The Hall–Kier alpha value is 0.230. The molecule has 60 valence electrons. The molecule has 1 nitrogen and oxygen atoms in total. The second-order valence-corrected chi connectivity index (χ2v) is 3.92. The van der Waals surface area contributed by atoms with Crippen molar-refractivity contribution in [2.24, 2.45) is 0 Å². The van der Waals surface area contributed by atoms with Gasteiger partial charge in [-0.15, -0.1) is 0 Å². The Balaban J connectivity index is 2.96. The van der Waals surface area contributed by atoms with Gasteiger partial charge in [0.15, 0.2) is 0 Å². The van der Waals surface area contributed by atoms with E-state index >= 15 is 0 Å². The second-order valence-electron chi connectivity index (χ2n) is 1.98. The summed E-state index contributed by atoms with van der Waals surface area (Å²) in [5, 5.41) is 0. The summed E-state index contributed by atoms with van der Waals surface area (Å²) in [5.41, 5.74) is 0. The van der Waals surface area contributed by atoms with E-state index in [0.717, 1.165) is 13.8 Å². The molecular weight excluding hydrogens is 319 g/mol. The molecule has 0 atom stereocenters. The molecule has 0 heterocycles. The van der Waals surface area contributed by atoms with E-state index in [2.05, 4.69) is 38.5 Å². The predicted octanol–water partition coefficient (Wildman–Crippen LogP) is 3.45. The molecule has 1 rings (SSSR count). The van der Waals surface area contributed by atoms with Gasteiger partial charge >= 0.3 is 0 Å². The zero-order chi connectivity index (χ0) is 8.27. The van der Waals surface area contributed by atoms with Gasteiger partial charge in [0.2, 0.25) is 0 Å². The highest BCUT2D eigenvalue weighted by Gasteiger charge is 2.01. The van der Waals surface area contributed by atoms with Gasteiger partial charge in [-0.05, 0) is 57.6 Å². The number of ether oxygens (including phenoxy) is 1. The molecule has 11 heavy (non-hydrogen) atoms. The van der Waals surface area contributed by atoms with Crippen LogP contribution in [0.1, 0.15) is 6.92 Å². The zero-order valence-corrected chi connectivity index (χ0v) is 9.85. The highest BCUT2D eigenvalue weighted by Crippen LogP contribution is 2.27. The molecule has 0 unspecified atom stereocenters. The van der Waals surface area contributed by atoms with Gasteiger partial charge in [-0.2, -0.15) is 0 Å². The van der Waals surface area contributed by atoms with E-state index < -0.39 is 0 Å². The minimum atomic E-state index is 0.715. The number of hydrogen-bond acceptors (Lipinski definition) is 1. The van der Waals surface area contributed by atoms with Crippen molar-refractivity contribution in [1.29, 1.82) is 0 Å². The molecule has 0 radical (unpaired) electrons. The van der Waals surface area contributed by atoms with Crippen molar-refractivity contribution in [1.82, 2.24) is 0 Å². The van der Waals surface area contributed by atoms with Crippen molar-refractivity contribution >= 4 is 38.5 Å². The standard InChI is InChI=1S/C8H8BrIO/c1-2-11-7-5-3-4-6(9)8(7)10/h3-5H,2H2,1H3. The molecule has 1 aromatic carbocycles. The average Bonchev–Trinajstić information content (AvgIpc) is 1.99. The Morgan fingerprint density at radius 2 is 2.27 bits per heavy atom. The fourth-order valence-electron chi connectivity index (χ4n) is 0.751. The molecule has 0 aromatic heterocycles. The lowest BCUT2D eigenvalue weighted by Crippen LogP contribution is -1.93. The third-order valence-electron chi connectivity index (χ3n) is 1.22. The molecule has 0 saturated heterocycles. The zero-order valence-electron chi connectivity index (χ0n) is 6.10. The summed E-state index contributed by atoms with van der Waals surface area (Å²) >= 11 is 5.68. The van der Waals surface area contributed by atoms with Crippen LogP contribution in [0.5, 0.6) is 5.75 Å². The third-order valence-corrected chi connectivity index (χ3v) is 3.73. The highest BCUT2D eigenvalue weighted by atomic mass is 127. The van der Waals surface area contributed by atoms with E-state index in [1.54, 1.807) is 0 Å². The van der Waals surface area contributed by atoms with Gasteiger partial charge in [0, 0.05) is 4.47 Å². The molecule has 0 amide bonds. The van der Waals surface area contributed by atoms with Crippen LogP contribution >= 0.6 is 38.5 Å². The fraction of sp³-hybridized carbons (Fsp3) is 0.250. The smallest absolute Gasteiger partial charge is 0.133 e. The third kappa shape index (κ3) is 2.33. The summed E-state index contributed by atoms with van der Waals surface area (Å²) in [6.07, 6.45) is 0. The average molecular weight is 327 g/mol. The van der Waals surface area contributed by atoms with Gasteiger partial charge in [-0.25, -0.2) is 0 Å². The van der Waals surface area contributed by atoms with Crippen LogP contribution in [0, 0.1) is 3.57 Å². The monoisotopic (exact) mass is 326 g/mol. The molecule has 0 aliphatic carbocycles. The SMILES string of the molecule is CCOc1cccc(Br)c1I. The van der Waals surface area contributed by atoms with Crippen molar-refractivity contribution in [2.45, 2.75) is 6.92 Å². The maximum atomic E-state index is 5.38. The maximum Gasteiger partial charge on any atom is 0.133 e. The first-order valence-corrected chi connectivity index (χ1v) is 5.19. The molecule has 0 fully saturated rings. The van der Waals surface area contributed by atoms with Crippen LogP contribution in [0.15, 0.2) is 22.7 Å². The highest BCUT2D eigenvalue weighted by molar-refractivity contribution is 14.1. The van der Waals surface area contributed by atoms with Gasteiger partial charge in [0.05, 0.1) is 10.2 Å². The number of benzene rings is 1. The predicted molar refractivity (Wildman–Crippen MR) is 58.0 cm³/mol. The van der Waals surface area contributed by atoms with Crippen molar-refractivity contribution in [2.75, 3.05) is 6.61 Å². The van der Waals surface area contributed by atoms with E-state index in [9.17, 15) is 0 Å². The van der Waals surface area contributed by atoms with Crippen LogP contribution < -0.4 is 4.74 Å². The summed E-state index contributed by atoms with van der Waals surface area (Å²) in [6.45, 7) is 2.70. The van der Waals surface area contributed by atoms with Crippen molar-refractivity contribution in [3.05, 3.63) is 26.2 Å². The maximum absolute atomic E-state index is 5.38. The van der Waals surface area contributed by atoms with Gasteiger partial charge in [0.1, 0.15) is 5.75 Å². The van der Waals surface area contributed by atoms with Crippen LogP contribution in [-0.4, -0.2) is 6.61 Å². The summed E-state index contributed by atoms with van der Waals surface area (Å²) in [4.78, 5) is 0. The molecule has 0 saturated carbocycles. The lowest BCUT2D eigenvalue weighted by atomic mass is 10.3. The van der Waals surface area contributed by atoms with E-state index in [1.807, 2.05) is 25.1 Å². The Morgan fingerprint density at radius 3 is 2.91 bits per heavy atom.